The van der Waals surface area contributed by atoms with Gasteiger partial charge in [0.15, 0.2) is 5.82 Å². The summed E-state index contributed by atoms with van der Waals surface area (Å²) in [6, 6.07) is 17.2. The van der Waals surface area contributed by atoms with Crippen LogP contribution in [0.4, 0.5) is 0 Å². The molecule has 2 aromatic heterocycles. The second kappa shape index (κ2) is 6.93. The predicted octanol–water partition coefficient (Wildman–Crippen LogP) is 2.93. The van der Waals surface area contributed by atoms with Crippen molar-refractivity contribution in [3.63, 3.8) is 0 Å². The van der Waals surface area contributed by atoms with Gasteiger partial charge in [0.05, 0.1) is 4.53 Å². The second-order valence-electron chi connectivity index (χ2n) is 5.58. The third kappa shape index (κ3) is 3.14. The Kier molecular flexibility index (Phi) is 4.33. The van der Waals surface area contributed by atoms with Gasteiger partial charge in [0.25, 0.3) is 5.56 Å². The monoisotopic (exact) mass is 361 g/mol. The van der Waals surface area contributed by atoms with Gasteiger partial charge in [0.2, 0.25) is 4.96 Å². The van der Waals surface area contributed by atoms with Crippen LogP contribution in [0, 0.1) is 0 Å². The Labute approximate surface area is 153 Å². The topological polar surface area (TPSA) is 56.5 Å². The SMILES string of the molecule is C=CCOc1ccc(/C=c2\sc3nc(-c4ccccc4)nn3c2=O)cc1. The van der Waals surface area contributed by atoms with Crippen LogP contribution in [0.5, 0.6) is 5.75 Å². The number of thiazole rings is 1. The molecular weight excluding hydrogens is 346 g/mol. The molecule has 0 aliphatic carbocycles. The molecule has 2 aromatic carbocycles. The first-order chi connectivity index (χ1) is 12.7. The van der Waals surface area contributed by atoms with Crippen molar-refractivity contribution in [2.24, 2.45) is 0 Å². The maximum absolute atomic E-state index is 12.6. The highest BCUT2D eigenvalue weighted by atomic mass is 32.1. The molecule has 0 aliphatic heterocycles. The highest BCUT2D eigenvalue weighted by Crippen LogP contribution is 2.16. The standard InChI is InChI=1S/C20H15N3O2S/c1-2-12-25-16-10-8-14(9-11-16)13-17-19(24)23-20(26-17)21-18(22-23)15-6-4-3-5-7-15/h2-11,13H,1,12H2/b17-13-. The molecule has 0 unspecified atom stereocenters. The summed E-state index contributed by atoms with van der Waals surface area (Å²) in [6.07, 6.45) is 3.53. The Morgan fingerprint density at radius 2 is 1.88 bits per heavy atom. The fourth-order valence-electron chi connectivity index (χ4n) is 2.51. The minimum absolute atomic E-state index is 0.160. The zero-order valence-electron chi connectivity index (χ0n) is 13.8. The average Bonchev–Trinajstić information content (AvgIpc) is 3.22. The first kappa shape index (κ1) is 16.2. The van der Waals surface area contributed by atoms with Crippen LogP contribution < -0.4 is 14.8 Å². The number of aromatic nitrogens is 3. The molecule has 0 saturated heterocycles. The Morgan fingerprint density at radius 3 is 2.58 bits per heavy atom. The Balaban J connectivity index is 1.68. The van der Waals surface area contributed by atoms with E-state index in [1.54, 1.807) is 6.08 Å². The smallest absolute Gasteiger partial charge is 0.291 e. The largest absolute Gasteiger partial charge is 0.490 e. The summed E-state index contributed by atoms with van der Waals surface area (Å²) in [5.41, 5.74) is 1.65. The van der Waals surface area contributed by atoms with Gasteiger partial charge in [-0.3, -0.25) is 4.79 Å². The summed E-state index contributed by atoms with van der Waals surface area (Å²) < 4.78 is 7.42. The lowest BCUT2D eigenvalue weighted by Gasteiger charge is -2.02. The van der Waals surface area contributed by atoms with Crippen LogP contribution >= 0.6 is 11.3 Å². The van der Waals surface area contributed by atoms with E-state index in [4.69, 9.17) is 4.74 Å². The molecule has 0 fully saturated rings. The van der Waals surface area contributed by atoms with Gasteiger partial charge < -0.3 is 4.74 Å². The summed E-state index contributed by atoms with van der Waals surface area (Å²) in [5, 5.41) is 4.35. The molecule has 4 aromatic rings. The van der Waals surface area contributed by atoms with Crippen molar-refractivity contribution in [2.75, 3.05) is 6.61 Å². The van der Waals surface area contributed by atoms with Crippen molar-refractivity contribution in [1.29, 1.82) is 0 Å². The van der Waals surface area contributed by atoms with Gasteiger partial charge in [-0.05, 0) is 23.8 Å². The van der Waals surface area contributed by atoms with Crippen molar-refractivity contribution in [2.45, 2.75) is 0 Å². The van der Waals surface area contributed by atoms with Crippen molar-refractivity contribution < 1.29 is 4.74 Å². The molecule has 0 bridgehead atoms. The van der Waals surface area contributed by atoms with E-state index in [-0.39, 0.29) is 5.56 Å². The number of benzene rings is 2. The van der Waals surface area contributed by atoms with Gasteiger partial charge in [-0.1, -0.05) is 66.5 Å². The van der Waals surface area contributed by atoms with Crippen LogP contribution in [-0.2, 0) is 0 Å². The lowest BCUT2D eigenvalue weighted by Crippen LogP contribution is -2.23. The third-order valence-corrected chi connectivity index (χ3v) is 4.72. The molecule has 128 valence electrons. The van der Waals surface area contributed by atoms with Gasteiger partial charge in [-0.2, -0.15) is 9.50 Å². The lowest BCUT2D eigenvalue weighted by atomic mass is 10.2. The van der Waals surface area contributed by atoms with Gasteiger partial charge in [-0.25, -0.2) is 0 Å². The Bertz CT molecular complexity index is 1160. The third-order valence-electron chi connectivity index (χ3n) is 3.76. The van der Waals surface area contributed by atoms with E-state index >= 15 is 0 Å². The lowest BCUT2D eigenvalue weighted by molar-refractivity contribution is 0.363. The Hall–Kier alpha value is -3.25. The van der Waals surface area contributed by atoms with Crippen molar-refractivity contribution in [3.8, 4) is 17.1 Å². The molecule has 0 spiro atoms. The van der Waals surface area contributed by atoms with Crippen LogP contribution in [0.15, 0.2) is 72.0 Å². The van der Waals surface area contributed by atoms with E-state index in [1.165, 1.54) is 15.9 Å². The first-order valence-corrected chi connectivity index (χ1v) is 8.87. The van der Waals surface area contributed by atoms with Crippen LogP contribution in [-0.4, -0.2) is 21.2 Å². The number of ether oxygens (including phenoxy) is 1. The maximum Gasteiger partial charge on any atom is 0.291 e. The summed E-state index contributed by atoms with van der Waals surface area (Å²) in [7, 11) is 0. The molecule has 0 atom stereocenters. The van der Waals surface area contributed by atoms with Crippen LogP contribution in [0.3, 0.4) is 0 Å². The van der Waals surface area contributed by atoms with E-state index in [0.717, 1.165) is 16.9 Å². The predicted molar refractivity (Wildman–Crippen MR) is 103 cm³/mol. The highest BCUT2D eigenvalue weighted by molar-refractivity contribution is 7.15. The molecule has 2 heterocycles. The zero-order valence-corrected chi connectivity index (χ0v) is 14.6. The van der Waals surface area contributed by atoms with Crippen molar-refractivity contribution >= 4 is 22.4 Å². The molecule has 26 heavy (non-hydrogen) atoms. The summed E-state index contributed by atoms with van der Waals surface area (Å²) in [5.74, 6) is 1.32. The normalized spacial score (nSPS) is 11.8. The van der Waals surface area contributed by atoms with E-state index < -0.39 is 0 Å². The zero-order chi connectivity index (χ0) is 17.9. The molecule has 0 aliphatic rings. The van der Waals surface area contributed by atoms with Gasteiger partial charge in [0.1, 0.15) is 12.4 Å². The number of hydrogen-bond donors (Lipinski definition) is 0. The summed E-state index contributed by atoms with van der Waals surface area (Å²) in [6.45, 7) is 4.08. The summed E-state index contributed by atoms with van der Waals surface area (Å²) >= 11 is 1.33. The Morgan fingerprint density at radius 1 is 1.12 bits per heavy atom. The molecule has 5 nitrogen and oxygen atoms in total. The van der Waals surface area contributed by atoms with E-state index in [0.29, 0.717) is 21.9 Å². The number of rotatable bonds is 5. The molecule has 0 N–H and O–H groups in total. The van der Waals surface area contributed by atoms with Crippen LogP contribution in [0.1, 0.15) is 5.56 Å². The van der Waals surface area contributed by atoms with E-state index in [9.17, 15) is 4.79 Å². The quantitative estimate of drug-likeness (QED) is 0.513. The first-order valence-electron chi connectivity index (χ1n) is 8.05. The fraction of sp³-hybridized carbons (Fsp3) is 0.0500. The minimum atomic E-state index is -0.160. The molecular formula is C20H15N3O2S. The van der Waals surface area contributed by atoms with Gasteiger partial charge in [-0.15, -0.1) is 5.10 Å². The molecule has 0 radical (unpaired) electrons. The second-order valence-corrected chi connectivity index (χ2v) is 6.59. The average molecular weight is 361 g/mol. The molecule has 6 heteroatoms. The van der Waals surface area contributed by atoms with Crippen LogP contribution in [0.25, 0.3) is 22.4 Å². The molecule has 0 saturated carbocycles. The maximum atomic E-state index is 12.6. The van der Waals surface area contributed by atoms with Crippen molar-refractivity contribution in [1.82, 2.24) is 14.6 Å². The highest BCUT2D eigenvalue weighted by Gasteiger charge is 2.11. The van der Waals surface area contributed by atoms with Gasteiger partial charge in [0, 0.05) is 5.56 Å². The number of fused-ring (bicyclic) bond motifs is 1. The molecule has 0 amide bonds. The number of nitrogens with zero attached hydrogens (tertiary/aromatic N) is 3. The van der Waals surface area contributed by atoms with Crippen LogP contribution in [0.2, 0.25) is 0 Å². The minimum Gasteiger partial charge on any atom is -0.490 e. The number of hydrogen-bond acceptors (Lipinski definition) is 5. The van der Waals surface area contributed by atoms with Gasteiger partial charge >= 0.3 is 0 Å². The fourth-order valence-corrected chi connectivity index (χ4v) is 3.42. The molecule has 4 rings (SSSR count). The summed E-state index contributed by atoms with van der Waals surface area (Å²) in [4.78, 5) is 17.7. The van der Waals surface area contributed by atoms with E-state index in [1.807, 2.05) is 60.7 Å². The van der Waals surface area contributed by atoms with Crippen molar-refractivity contribution in [3.05, 3.63) is 87.7 Å². The van der Waals surface area contributed by atoms with E-state index in [2.05, 4.69) is 16.7 Å².